The van der Waals surface area contributed by atoms with Crippen molar-refractivity contribution < 1.29 is 28.5 Å². The Labute approximate surface area is 163 Å². The van der Waals surface area contributed by atoms with Gasteiger partial charge in [0.05, 0.1) is 26.9 Å². The van der Waals surface area contributed by atoms with Crippen LogP contribution in [0.4, 0.5) is 5.69 Å². The number of ether oxygens (including phenoxy) is 4. The van der Waals surface area contributed by atoms with Crippen molar-refractivity contribution in [1.29, 1.82) is 0 Å². The van der Waals surface area contributed by atoms with Gasteiger partial charge in [-0.1, -0.05) is 18.2 Å². The summed E-state index contributed by atoms with van der Waals surface area (Å²) in [6.45, 7) is 2.14. The lowest BCUT2D eigenvalue weighted by molar-refractivity contribution is -0.126. The van der Waals surface area contributed by atoms with Crippen LogP contribution in [0.15, 0.2) is 36.4 Å². The highest BCUT2D eigenvalue weighted by Gasteiger charge is 2.30. The molecule has 0 aromatic heterocycles. The van der Waals surface area contributed by atoms with Crippen LogP contribution in [0.25, 0.3) is 0 Å². The van der Waals surface area contributed by atoms with Crippen LogP contribution in [0.5, 0.6) is 17.2 Å². The van der Waals surface area contributed by atoms with Gasteiger partial charge in [0.1, 0.15) is 0 Å². The Hall–Kier alpha value is -3.22. The molecule has 7 heteroatoms. The van der Waals surface area contributed by atoms with E-state index in [2.05, 4.69) is 0 Å². The molecule has 2 aromatic rings. The zero-order chi connectivity index (χ0) is 20.3. The molecular formula is C21H23NO6. The molecule has 2 aromatic carbocycles. The Kier molecular flexibility index (Phi) is 5.73. The normalized spacial score (nSPS) is 13.5. The number of nitrogens with zero attached hydrogens (tertiary/aromatic N) is 1. The van der Waals surface area contributed by atoms with Crippen LogP contribution in [0.2, 0.25) is 0 Å². The maximum absolute atomic E-state index is 12.8. The molecule has 0 spiro atoms. The molecule has 1 aliphatic heterocycles. The van der Waals surface area contributed by atoms with Gasteiger partial charge >= 0.3 is 5.97 Å². The largest absolute Gasteiger partial charge is 0.493 e. The molecule has 1 heterocycles. The van der Waals surface area contributed by atoms with Gasteiger partial charge in [0.25, 0.3) is 5.91 Å². The lowest BCUT2D eigenvalue weighted by Gasteiger charge is -2.22. The third-order valence-corrected chi connectivity index (χ3v) is 4.69. The minimum Gasteiger partial charge on any atom is -0.493 e. The number of methoxy groups -OCH3 is 3. The third-order valence-electron chi connectivity index (χ3n) is 4.69. The van der Waals surface area contributed by atoms with E-state index >= 15 is 0 Å². The summed E-state index contributed by atoms with van der Waals surface area (Å²) in [5, 5.41) is 0. The van der Waals surface area contributed by atoms with Crippen molar-refractivity contribution in [2.75, 3.05) is 32.8 Å². The molecule has 0 fully saturated rings. The number of rotatable bonds is 6. The summed E-state index contributed by atoms with van der Waals surface area (Å²) in [6.07, 6.45) is -0.145. The Balaban J connectivity index is 1.77. The highest BCUT2D eigenvalue weighted by molar-refractivity contribution is 6.00. The average molecular weight is 385 g/mol. The van der Waals surface area contributed by atoms with Gasteiger partial charge in [0, 0.05) is 12.2 Å². The second-order valence-corrected chi connectivity index (χ2v) is 6.33. The molecule has 3 rings (SSSR count). The summed E-state index contributed by atoms with van der Waals surface area (Å²) in [4.78, 5) is 27.1. The van der Waals surface area contributed by atoms with Gasteiger partial charge in [-0.3, -0.25) is 4.79 Å². The quantitative estimate of drug-likeness (QED) is 0.712. The summed E-state index contributed by atoms with van der Waals surface area (Å²) in [5.41, 5.74) is 2.18. The minimum atomic E-state index is -0.933. The second kappa shape index (κ2) is 8.21. The molecule has 1 atom stereocenters. The van der Waals surface area contributed by atoms with E-state index in [-0.39, 0.29) is 11.5 Å². The van der Waals surface area contributed by atoms with Gasteiger partial charge in [-0.2, -0.15) is 0 Å². The summed E-state index contributed by atoms with van der Waals surface area (Å²) < 4.78 is 21.2. The number of fused-ring (bicyclic) bond motifs is 1. The number of para-hydroxylation sites is 1. The number of hydrogen-bond donors (Lipinski definition) is 0. The average Bonchev–Trinajstić information content (AvgIpc) is 3.15. The van der Waals surface area contributed by atoms with Crippen molar-refractivity contribution >= 4 is 17.6 Å². The molecule has 0 unspecified atom stereocenters. The number of amides is 1. The molecule has 0 saturated heterocycles. The van der Waals surface area contributed by atoms with E-state index in [1.165, 1.54) is 33.5 Å². The van der Waals surface area contributed by atoms with Crippen molar-refractivity contribution in [2.45, 2.75) is 19.4 Å². The van der Waals surface area contributed by atoms with Gasteiger partial charge in [-0.15, -0.1) is 0 Å². The van der Waals surface area contributed by atoms with E-state index in [9.17, 15) is 9.59 Å². The van der Waals surface area contributed by atoms with Gasteiger partial charge in [-0.05, 0) is 37.1 Å². The standard InChI is InChI=1S/C21H23NO6/c1-13(20(23)22-10-9-14-7-5-6-8-16(14)22)28-21(24)15-11-17(25-2)19(27-4)18(12-15)26-3/h5-8,11-13H,9-10H2,1-4H3/t13-/m0/s1. The summed E-state index contributed by atoms with van der Waals surface area (Å²) in [6, 6.07) is 10.7. The second-order valence-electron chi connectivity index (χ2n) is 6.33. The summed E-state index contributed by atoms with van der Waals surface area (Å²) in [5.74, 6) is 0.139. The predicted molar refractivity (Wildman–Crippen MR) is 103 cm³/mol. The first-order valence-corrected chi connectivity index (χ1v) is 8.90. The zero-order valence-electron chi connectivity index (χ0n) is 16.4. The fourth-order valence-corrected chi connectivity index (χ4v) is 3.26. The van der Waals surface area contributed by atoms with Gasteiger partial charge in [-0.25, -0.2) is 4.79 Å². The van der Waals surface area contributed by atoms with E-state index in [0.29, 0.717) is 23.8 Å². The number of esters is 1. The molecule has 0 bridgehead atoms. The first-order valence-electron chi connectivity index (χ1n) is 8.90. The highest BCUT2D eigenvalue weighted by Crippen LogP contribution is 2.38. The molecule has 28 heavy (non-hydrogen) atoms. The Morgan fingerprint density at radius 2 is 1.64 bits per heavy atom. The van der Waals surface area contributed by atoms with Gasteiger partial charge in [0.2, 0.25) is 5.75 Å². The molecule has 7 nitrogen and oxygen atoms in total. The van der Waals surface area contributed by atoms with Gasteiger partial charge in [0.15, 0.2) is 17.6 Å². The molecule has 1 amide bonds. The van der Waals surface area contributed by atoms with Crippen LogP contribution in [0, 0.1) is 0 Å². The number of carbonyl (C=O) groups excluding carboxylic acids is 2. The third kappa shape index (κ3) is 3.60. The first kappa shape index (κ1) is 19.5. The monoisotopic (exact) mass is 385 g/mol. The van der Waals surface area contributed by atoms with Crippen molar-refractivity contribution in [2.24, 2.45) is 0 Å². The van der Waals surface area contributed by atoms with Gasteiger partial charge < -0.3 is 23.8 Å². The minimum absolute atomic E-state index is 0.205. The van der Waals surface area contributed by atoms with Crippen LogP contribution in [0.3, 0.4) is 0 Å². The van der Waals surface area contributed by atoms with Crippen molar-refractivity contribution in [3.05, 3.63) is 47.5 Å². The molecule has 148 valence electrons. The lowest BCUT2D eigenvalue weighted by Crippen LogP contribution is -2.39. The van der Waals surface area contributed by atoms with E-state index in [4.69, 9.17) is 18.9 Å². The number of hydrogen-bond acceptors (Lipinski definition) is 6. The molecule has 1 aliphatic rings. The lowest BCUT2D eigenvalue weighted by atomic mass is 10.1. The Morgan fingerprint density at radius 3 is 2.25 bits per heavy atom. The molecule has 0 N–H and O–H groups in total. The van der Waals surface area contributed by atoms with E-state index < -0.39 is 12.1 Å². The maximum atomic E-state index is 12.8. The maximum Gasteiger partial charge on any atom is 0.339 e. The van der Waals surface area contributed by atoms with E-state index in [0.717, 1.165) is 17.7 Å². The SMILES string of the molecule is COc1cc(C(=O)O[C@@H](C)C(=O)N2CCc3ccccc32)cc(OC)c1OC. The summed E-state index contributed by atoms with van der Waals surface area (Å²) >= 11 is 0. The fourth-order valence-electron chi connectivity index (χ4n) is 3.26. The Bertz CT molecular complexity index is 869. The molecular weight excluding hydrogens is 362 g/mol. The topological polar surface area (TPSA) is 74.3 Å². The first-order chi connectivity index (χ1) is 13.5. The smallest absolute Gasteiger partial charge is 0.339 e. The summed E-state index contributed by atoms with van der Waals surface area (Å²) in [7, 11) is 4.40. The number of carbonyl (C=O) groups is 2. The highest BCUT2D eigenvalue weighted by atomic mass is 16.6. The van der Waals surface area contributed by atoms with Crippen molar-refractivity contribution in [3.8, 4) is 17.2 Å². The van der Waals surface area contributed by atoms with Crippen LogP contribution >= 0.6 is 0 Å². The fraction of sp³-hybridized carbons (Fsp3) is 0.333. The van der Waals surface area contributed by atoms with Crippen LogP contribution in [-0.4, -0.2) is 45.9 Å². The van der Waals surface area contributed by atoms with Crippen molar-refractivity contribution in [3.63, 3.8) is 0 Å². The van der Waals surface area contributed by atoms with Crippen LogP contribution < -0.4 is 19.1 Å². The molecule has 0 aliphatic carbocycles. The Morgan fingerprint density at radius 1 is 1.00 bits per heavy atom. The molecule has 0 saturated carbocycles. The van der Waals surface area contributed by atoms with Crippen LogP contribution in [-0.2, 0) is 16.0 Å². The predicted octanol–water partition coefficient (Wildman–Crippen LogP) is 2.85. The number of benzene rings is 2. The van der Waals surface area contributed by atoms with E-state index in [1.54, 1.807) is 11.8 Å². The molecule has 0 radical (unpaired) electrons. The van der Waals surface area contributed by atoms with Crippen LogP contribution in [0.1, 0.15) is 22.8 Å². The number of anilines is 1. The van der Waals surface area contributed by atoms with Crippen molar-refractivity contribution in [1.82, 2.24) is 0 Å². The zero-order valence-corrected chi connectivity index (χ0v) is 16.4. The van der Waals surface area contributed by atoms with E-state index in [1.807, 2.05) is 24.3 Å².